The molecule has 0 aromatic heterocycles. The summed E-state index contributed by atoms with van der Waals surface area (Å²) in [5.74, 6) is -0.360. The number of amides is 4. The van der Waals surface area contributed by atoms with Gasteiger partial charge in [-0.2, -0.15) is 0 Å². The molecule has 2 fully saturated rings. The molecule has 8 heteroatoms. The highest BCUT2D eigenvalue weighted by Gasteiger charge is 2.39. The van der Waals surface area contributed by atoms with Crippen LogP contribution in [0.3, 0.4) is 0 Å². The number of likely N-dealkylation sites (tertiary alicyclic amines) is 1. The Labute approximate surface area is 163 Å². The molecule has 0 spiro atoms. The van der Waals surface area contributed by atoms with Crippen molar-refractivity contribution >= 4 is 35.1 Å². The molecule has 146 valence electrons. The molecule has 7 nitrogen and oxygen atoms in total. The highest BCUT2D eigenvalue weighted by molar-refractivity contribution is 6.30. The number of benzene rings is 1. The molecule has 1 aromatic carbocycles. The lowest BCUT2D eigenvalue weighted by molar-refractivity contribution is -0.135. The molecule has 2 saturated heterocycles. The van der Waals surface area contributed by atoms with E-state index in [1.54, 1.807) is 24.3 Å². The number of nitrogens with one attached hydrogen (secondary N) is 1. The standard InChI is InChI=1S/C19H25ClN4O3/c1-12(21)16-4-2-3-11-23(16)17(25)10-9-15-18(26)24(19(27)22-15)14-7-5-13(20)6-8-14/h5-8,12,15-16H,2-4,9-11,21H2,1H3,(H,22,27). The van der Waals surface area contributed by atoms with Gasteiger partial charge in [0.2, 0.25) is 5.91 Å². The zero-order valence-electron chi connectivity index (χ0n) is 15.4. The predicted octanol–water partition coefficient (Wildman–Crippen LogP) is 2.27. The molecule has 0 saturated carbocycles. The summed E-state index contributed by atoms with van der Waals surface area (Å²) >= 11 is 5.86. The Balaban J connectivity index is 1.61. The first-order valence-corrected chi connectivity index (χ1v) is 9.71. The fourth-order valence-electron chi connectivity index (χ4n) is 3.79. The third kappa shape index (κ3) is 4.25. The van der Waals surface area contributed by atoms with E-state index in [4.69, 9.17) is 17.3 Å². The van der Waals surface area contributed by atoms with Crippen LogP contribution in [0.1, 0.15) is 39.0 Å². The fraction of sp³-hybridized carbons (Fsp3) is 0.526. The third-order valence-electron chi connectivity index (χ3n) is 5.23. The molecule has 0 aliphatic carbocycles. The van der Waals surface area contributed by atoms with Gasteiger partial charge in [0.1, 0.15) is 6.04 Å². The molecule has 2 aliphatic rings. The molecule has 27 heavy (non-hydrogen) atoms. The summed E-state index contributed by atoms with van der Waals surface area (Å²) in [7, 11) is 0. The topological polar surface area (TPSA) is 95.7 Å². The van der Waals surface area contributed by atoms with Crippen LogP contribution in [0.4, 0.5) is 10.5 Å². The van der Waals surface area contributed by atoms with Gasteiger partial charge in [-0.05, 0) is 56.9 Å². The van der Waals surface area contributed by atoms with E-state index in [1.165, 1.54) is 0 Å². The first-order valence-electron chi connectivity index (χ1n) is 9.33. The summed E-state index contributed by atoms with van der Waals surface area (Å²) in [5.41, 5.74) is 6.49. The van der Waals surface area contributed by atoms with E-state index in [0.29, 0.717) is 17.3 Å². The highest BCUT2D eigenvalue weighted by Crippen LogP contribution is 2.24. The minimum atomic E-state index is -0.698. The summed E-state index contributed by atoms with van der Waals surface area (Å²) in [5, 5.41) is 3.19. The van der Waals surface area contributed by atoms with E-state index in [-0.39, 0.29) is 36.7 Å². The average Bonchev–Trinajstić information content (AvgIpc) is 2.94. The van der Waals surface area contributed by atoms with Crippen LogP contribution in [0.2, 0.25) is 5.02 Å². The Morgan fingerprint density at radius 1 is 1.30 bits per heavy atom. The Morgan fingerprint density at radius 2 is 2.00 bits per heavy atom. The number of rotatable bonds is 5. The van der Waals surface area contributed by atoms with Crippen molar-refractivity contribution in [3.63, 3.8) is 0 Å². The molecule has 3 rings (SSSR count). The van der Waals surface area contributed by atoms with Crippen LogP contribution in [-0.4, -0.2) is 47.4 Å². The van der Waals surface area contributed by atoms with Crippen molar-refractivity contribution in [3.05, 3.63) is 29.3 Å². The van der Waals surface area contributed by atoms with Crippen LogP contribution in [0.15, 0.2) is 24.3 Å². The number of piperidine rings is 1. The van der Waals surface area contributed by atoms with Gasteiger partial charge in [0.05, 0.1) is 5.69 Å². The third-order valence-corrected chi connectivity index (χ3v) is 5.48. The number of carbonyl (C=O) groups excluding carboxylic acids is 3. The SMILES string of the molecule is CC(N)C1CCCCN1C(=O)CCC1NC(=O)N(c2ccc(Cl)cc2)C1=O. The highest BCUT2D eigenvalue weighted by atomic mass is 35.5. The lowest BCUT2D eigenvalue weighted by Gasteiger charge is -2.38. The first-order chi connectivity index (χ1) is 12.9. The Morgan fingerprint density at radius 3 is 2.67 bits per heavy atom. The lowest BCUT2D eigenvalue weighted by Crippen LogP contribution is -2.51. The van der Waals surface area contributed by atoms with Gasteiger partial charge in [-0.1, -0.05) is 11.6 Å². The van der Waals surface area contributed by atoms with Crippen LogP contribution in [0.25, 0.3) is 0 Å². The first kappa shape index (κ1) is 19.6. The van der Waals surface area contributed by atoms with Gasteiger partial charge in [0.25, 0.3) is 5.91 Å². The molecular formula is C19H25ClN4O3. The van der Waals surface area contributed by atoms with Crippen molar-refractivity contribution in [1.82, 2.24) is 10.2 Å². The molecule has 3 unspecified atom stereocenters. The summed E-state index contributed by atoms with van der Waals surface area (Å²) in [6.45, 7) is 2.62. The second-order valence-corrected chi connectivity index (χ2v) is 7.64. The molecule has 1 aromatic rings. The maximum absolute atomic E-state index is 12.7. The number of carbonyl (C=O) groups is 3. The molecule has 0 radical (unpaired) electrons. The molecule has 3 N–H and O–H groups in total. The zero-order valence-corrected chi connectivity index (χ0v) is 16.1. The number of hydrogen-bond acceptors (Lipinski definition) is 4. The van der Waals surface area contributed by atoms with Gasteiger partial charge >= 0.3 is 6.03 Å². The number of imide groups is 1. The van der Waals surface area contributed by atoms with E-state index in [1.807, 2.05) is 11.8 Å². The van der Waals surface area contributed by atoms with Crippen molar-refractivity contribution in [3.8, 4) is 0 Å². The number of nitrogens with two attached hydrogens (primary N) is 1. The number of halogens is 1. The minimum Gasteiger partial charge on any atom is -0.338 e. The van der Waals surface area contributed by atoms with Crippen LogP contribution >= 0.6 is 11.6 Å². The second-order valence-electron chi connectivity index (χ2n) is 7.20. The van der Waals surface area contributed by atoms with Crippen molar-refractivity contribution in [2.24, 2.45) is 5.73 Å². The Kier molecular flexibility index (Phi) is 6.01. The largest absolute Gasteiger partial charge is 0.338 e. The van der Waals surface area contributed by atoms with Gasteiger partial charge in [-0.25, -0.2) is 9.69 Å². The van der Waals surface area contributed by atoms with Gasteiger partial charge in [-0.3, -0.25) is 9.59 Å². The van der Waals surface area contributed by atoms with Gasteiger partial charge < -0.3 is 16.0 Å². The monoisotopic (exact) mass is 392 g/mol. The summed E-state index contributed by atoms with van der Waals surface area (Å²) in [6.07, 6.45) is 3.43. The van der Waals surface area contributed by atoms with Crippen molar-refractivity contribution < 1.29 is 14.4 Å². The minimum absolute atomic E-state index is 0.0102. The molecule has 0 bridgehead atoms. The predicted molar refractivity (Wildman–Crippen MR) is 103 cm³/mol. The number of nitrogens with zero attached hydrogens (tertiary/aromatic N) is 2. The Hall–Kier alpha value is -2.12. The van der Waals surface area contributed by atoms with E-state index >= 15 is 0 Å². The van der Waals surface area contributed by atoms with Gasteiger partial charge in [-0.15, -0.1) is 0 Å². The molecule has 2 heterocycles. The summed E-state index contributed by atoms with van der Waals surface area (Å²) < 4.78 is 0. The summed E-state index contributed by atoms with van der Waals surface area (Å²) in [6, 6.07) is 5.27. The number of hydrogen-bond donors (Lipinski definition) is 2. The van der Waals surface area contributed by atoms with Crippen molar-refractivity contribution in [2.75, 3.05) is 11.4 Å². The van der Waals surface area contributed by atoms with Crippen molar-refractivity contribution in [2.45, 2.75) is 57.2 Å². The fourth-order valence-corrected chi connectivity index (χ4v) is 3.91. The van der Waals surface area contributed by atoms with E-state index in [2.05, 4.69) is 5.32 Å². The zero-order chi connectivity index (χ0) is 19.6. The lowest BCUT2D eigenvalue weighted by atomic mass is 9.96. The Bertz CT molecular complexity index is 722. The molecular weight excluding hydrogens is 368 g/mol. The van der Waals surface area contributed by atoms with Crippen LogP contribution in [0, 0.1) is 0 Å². The van der Waals surface area contributed by atoms with E-state index < -0.39 is 12.1 Å². The molecule has 3 atom stereocenters. The van der Waals surface area contributed by atoms with E-state index in [0.717, 1.165) is 24.2 Å². The smallest absolute Gasteiger partial charge is 0.329 e. The summed E-state index contributed by atoms with van der Waals surface area (Å²) in [4.78, 5) is 40.4. The normalized spacial score (nSPS) is 24.1. The van der Waals surface area contributed by atoms with Gasteiger partial charge in [0, 0.05) is 30.1 Å². The number of anilines is 1. The maximum Gasteiger partial charge on any atom is 0.329 e. The maximum atomic E-state index is 12.7. The van der Waals surface area contributed by atoms with Crippen molar-refractivity contribution in [1.29, 1.82) is 0 Å². The van der Waals surface area contributed by atoms with Crippen LogP contribution in [0.5, 0.6) is 0 Å². The molecule has 4 amide bonds. The van der Waals surface area contributed by atoms with Gasteiger partial charge in [0.15, 0.2) is 0 Å². The second kappa shape index (κ2) is 8.27. The van der Waals surface area contributed by atoms with E-state index in [9.17, 15) is 14.4 Å². The molecule has 2 aliphatic heterocycles. The number of urea groups is 1. The average molecular weight is 393 g/mol. The van der Waals surface area contributed by atoms with Crippen LogP contribution in [-0.2, 0) is 9.59 Å². The van der Waals surface area contributed by atoms with Crippen LogP contribution < -0.4 is 16.0 Å². The quantitative estimate of drug-likeness (QED) is 0.751.